The van der Waals surface area contributed by atoms with Crippen molar-refractivity contribution in [2.24, 2.45) is 5.92 Å². The van der Waals surface area contributed by atoms with Crippen molar-refractivity contribution < 1.29 is 0 Å². The molecule has 0 amide bonds. The molecule has 1 N–H and O–H groups in total. The number of likely N-dealkylation sites (tertiary alicyclic amines) is 1. The molecule has 1 fully saturated rings. The van der Waals surface area contributed by atoms with E-state index >= 15 is 0 Å². The molecule has 1 heterocycles. The minimum absolute atomic E-state index is 0.880. The number of piperidine rings is 1. The normalized spacial score (nSPS) is 17.8. The van der Waals surface area contributed by atoms with Gasteiger partial charge in [-0.05, 0) is 69.1 Å². The lowest BCUT2D eigenvalue weighted by molar-refractivity contribution is 0.175. The third-order valence-electron chi connectivity index (χ3n) is 3.86. The summed E-state index contributed by atoms with van der Waals surface area (Å²) in [6, 6.07) is 8.67. The summed E-state index contributed by atoms with van der Waals surface area (Å²) in [7, 11) is 0. The molecule has 0 atom stereocenters. The van der Waals surface area contributed by atoms with Crippen LogP contribution < -0.4 is 5.32 Å². The molecule has 0 unspecified atom stereocenters. The second-order valence-corrected chi connectivity index (χ2v) is 6.47. The molecule has 19 heavy (non-hydrogen) atoms. The number of halogens is 1. The lowest BCUT2D eigenvalue weighted by atomic mass is 9.96. The van der Waals surface area contributed by atoms with Crippen molar-refractivity contribution in [1.29, 1.82) is 0 Å². The SMILES string of the molecule is CCCNCC1CCN(Cc2cccc(Br)c2)CC1. The van der Waals surface area contributed by atoms with Gasteiger partial charge in [-0.15, -0.1) is 0 Å². The second kappa shape index (κ2) is 8.03. The topological polar surface area (TPSA) is 15.3 Å². The van der Waals surface area contributed by atoms with E-state index in [1.165, 1.54) is 48.9 Å². The molecule has 106 valence electrons. The van der Waals surface area contributed by atoms with E-state index in [1.807, 2.05) is 0 Å². The minimum atomic E-state index is 0.880. The summed E-state index contributed by atoms with van der Waals surface area (Å²) in [5.41, 5.74) is 1.41. The Morgan fingerprint density at radius 1 is 1.32 bits per heavy atom. The van der Waals surface area contributed by atoms with Crippen molar-refractivity contribution in [2.75, 3.05) is 26.2 Å². The molecular weight excluding hydrogens is 300 g/mol. The summed E-state index contributed by atoms with van der Waals surface area (Å²) in [5.74, 6) is 0.880. The highest BCUT2D eigenvalue weighted by Crippen LogP contribution is 2.19. The molecule has 0 spiro atoms. The second-order valence-electron chi connectivity index (χ2n) is 5.55. The van der Waals surface area contributed by atoms with Gasteiger partial charge in [0, 0.05) is 11.0 Å². The lowest BCUT2D eigenvalue weighted by Crippen LogP contribution is -2.37. The van der Waals surface area contributed by atoms with E-state index in [9.17, 15) is 0 Å². The lowest BCUT2D eigenvalue weighted by Gasteiger charge is -2.32. The van der Waals surface area contributed by atoms with Gasteiger partial charge in [0.15, 0.2) is 0 Å². The highest BCUT2D eigenvalue weighted by Gasteiger charge is 2.18. The van der Waals surface area contributed by atoms with Gasteiger partial charge in [-0.1, -0.05) is 35.0 Å². The highest BCUT2D eigenvalue weighted by atomic mass is 79.9. The van der Waals surface area contributed by atoms with Crippen LogP contribution in [0.15, 0.2) is 28.7 Å². The van der Waals surface area contributed by atoms with Gasteiger partial charge in [-0.25, -0.2) is 0 Å². The van der Waals surface area contributed by atoms with Crippen molar-refractivity contribution in [3.63, 3.8) is 0 Å². The molecular formula is C16H25BrN2. The zero-order chi connectivity index (χ0) is 13.5. The molecule has 2 nitrogen and oxygen atoms in total. The van der Waals surface area contributed by atoms with Crippen molar-refractivity contribution in [3.8, 4) is 0 Å². The molecule has 1 saturated heterocycles. The first-order valence-electron chi connectivity index (χ1n) is 7.45. The van der Waals surface area contributed by atoms with E-state index in [0.717, 1.165) is 19.0 Å². The molecule has 1 aliphatic heterocycles. The summed E-state index contributed by atoms with van der Waals surface area (Å²) in [6.45, 7) is 8.18. The fourth-order valence-corrected chi connectivity index (χ4v) is 3.17. The zero-order valence-electron chi connectivity index (χ0n) is 11.9. The first kappa shape index (κ1) is 15.0. The summed E-state index contributed by atoms with van der Waals surface area (Å²) < 4.78 is 1.18. The predicted octanol–water partition coefficient (Wildman–Crippen LogP) is 3.66. The number of nitrogens with one attached hydrogen (secondary N) is 1. The molecule has 2 rings (SSSR count). The minimum Gasteiger partial charge on any atom is -0.316 e. The molecule has 1 aromatic rings. The Kier molecular flexibility index (Phi) is 6.35. The van der Waals surface area contributed by atoms with E-state index in [-0.39, 0.29) is 0 Å². The van der Waals surface area contributed by atoms with E-state index in [0.29, 0.717) is 0 Å². The van der Waals surface area contributed by atoms with Crippen LogP contribution in [0.1, 0.15) is 31.7 Å². The smallest absolute Gasteiger partial charge is 0.0234 e. The molecule has 3 heteroatoms. The standard InChI is InChI=1S/C16H25BrN2/c1-2-8-18-12-14-6-9-19(10-7-14)13-15-4-3-5-16(17)11-15/h3-5,11,14,18H,2,6-10,12-13H2,1H3. The average Bonchev–Trinajstić information content (AvgIpc) is 2.41. The van der Waals surface area contributed by atoms with Gasteiger partial charge >= 0.3 is 0 Å². The fourth-order valence-electron chi connectivity index (χ4n) is 2.73. The third kappa shape index (κ3) is 5.25. The van der Waals surface area contributed by atoms with Crippen LogP contribution in [0.5, 0.6) is 0 Å². The maximum Gasteiger partial charge on any atom is 0.0234 e. The number of benzene rings is 1. The largest absolute Gasteiger partial charge is 0.316 e. The summed E-state index contributed by atoms with van der Waals surface area (Å²) in [4.78, 5) is 2.58. The summed E-state index contributed by atoms with van der Waals surface area (Å²) in [6.07, 6.45) is 3.91. The van der Waals surface area contributed by atoms with Crippen LogP contribution in [0.4, 0.5) is 0 Å². The number of hydrogen-bond acceptors (Lipinski definition) is 2. The van der Waals surface area contributed by atoms with Crippen LogP contribution in [0.25, 0.3) is 0 Å². The Balaban J connectivity index is 1.71. The van der Waals surface area contributed by atoms with Crippen LogP contribution in [-0.2, 0) is 6.54 Å². The number of nitrogens with zero attached hydrogens (tertiary/aromatic N) is 1. The highest BCUT2D eigenvalue weighted by molar-refractivity contribution is 9.10. The molecule has 1 aromatic carbocycles. The van der Waals surface area contributed by atoms with Crippen LogP contribution in [-0.4, -0.2) is 31.1 Å². The van der Waals surface area contributed by atoms with Gasteiger partial charge in [0.05, 0.1) is 0 Å². The van der Waals surface area contributed by atoms with Gasteiger partial charge in [-0.3, -0.25) is 4.90 Å². The monoisotopic (exact) mass is 324 g/mol. The van der Waals surface area contributed by atoms with Crippen molar-refractivity contribution in [1.82, 2.24) is 10.2 Å². The van der Waals surface area contributed by atoms with Gasteiger partial charge in [0.2, 0.25) is 0 Å². The van der Waals surface area contributed by atoms with Crippen molar-refractivity contribution in [2.45, 2.75) is 32.7 Å². The van der Waals surface area contributed by atoms with E-state index in [4.69, 9.17) is 0 Å². The van der Waals surface area contributed by atoms with Gasteiger partial charge in [-0.2, -0.15) is 0 Å². The zero-order valence-corrected chi connectivity index (χ0v) is 13.5. The van der Waals surface area contributed by atoms with Crippen LogP contribution >= 0.6 is 15.9 Å². The van der Waals surface area contributed by atoms with E-state index in [2.05, 4.69) is 57.3 Å². The molecule has 0 bridgehead atoms. The van der Waals surface area contributed by atoms with Crippen LogP contribution in [0, 0.1) is 5.92 Å². The van der Waals surface area contributed by atoms with Crippen molar-refractivity contribution in [3.05, 3.63) is 34.3 Å². The van der Waals surface area contributed by atoms with E-state index < -0.39 is 0 Å². The Hall–Kier alpha value is -0.380. The summed E-state index contributed by atoms with van der Waals surface area (Å²) in [5, 5.41) is 3.55. The Labute approximate surface area is 125 Å². The molecule has 0 radical (unpaired) electrons. The average molecular weight is 325 g/mol. The maximum absolute atomic E-state index is 3.55. The van der Waals surface area contributed by atoms with E-state index in [1.54, 1.807) is 0 Å². The fraction of sp³-hybridized carbons (Fsp3) is 0.625. The van der Waals surface area contributed by atoms with Crippen molar-refractivity contribution >= 4 is 15.9 Å². The maximum atomic E-state index is 3.55. The van der Waals surface area contributed by atoms with Gasteiger partial charge in [0.25, 0.3) is 0 Å². The Morgan fingerprint density at radius 3 is 2.79 bits per heavy atom. The van der Waals surface area contributed by atoms with Gasteiger partial charge < -0.3 is 5.32 Å². The molecule has 1 aliphatic rings. The molecule has 0 saturated carbocycles. The molecule has 0 aliphatic carbocycles. The number of rotatable bonds is 6. The quantitative estimate of drug-likeness (QED) is 0.803. The van der Waals surface area contributed by atoms with Crippen LogP contribution in [0.2, 0.25) is 0 Å². The third-order valence-corrected chi connectivity index (χ3v) is 4.36. The Morgan fingerprint density at radius 2 is 2.11 bits per heavy atom. The Bertz CT molecular complexity index is 373. The first-order chi connectivity index (χ1) is 9.28. The first-order valence-corrected chi connectivity index (χ1v) is 8.24. The summed E-state index contributed by atoms with van der Waals surface area (Å²) >= 11 is 3.54. The van der Waals surface area contributed by atoms with Gasteiger partial charge in [0.1, 0.15) is 0 Å². The molecule has 0 aromatic heterocycles. The predicted molar refractivity (Wildman–Crippen MR) is 85.3 cm³/mol. The van der Waals surface area contributed by atoms with Crippen LogP contribution in [0.3, 0.4) is 0 Å². The number of hydrogen-bond donors (Lipinski definition) is 1.